The van der Waals surface area contributed by atoms with Gasteiger partial charge in [0, 0.05) is 22.3 Å². The van der Waals surface area contributed by atoms with Crippen molar-refractivity contribution in [3.05, 3.63) is 79.0 Å². The van der Waals surface area contributed by atoms with Crippen molar-refractivity contribution in [2.45, 2.75) is 13.3 Å². The Morgan fingerprint density at radius 3 is 2.87 bits per heavy atom. The number of rotatable bonds is 5. The zero-order chi connectivity index (χ0) is 21.3. The zero-order valence-electron chi connectivity index (χ0n) is 15.6. The maximum Gasteiger partial charge on any atom is 0.258 e. The molecule has 3 heterocycles. The number of carbonyl (C=O) groups is 1. The third kappa shape index (κ3) is 4.23. The Bertz CT molecular complexity index is 1280. The molecule has 0 unspecified atom stereocenters. The van der Waals surface area contributed by atoms with Crippen molar-refractivity contribution >= 4 is 50.6 Å². The number of anilines is 1. The quantitative estimate of drug-likeness (QED) is 0.404. The van der Waals surface area contributed by atoms with E-state index in [1.807, 2.05) is 24.4 Å². The Balaban J connectivity index is 1.80. The summed E-state index contributed by atoms with van der Waals surface area (Å²) in [6.07, 6.45) is 0.589. The van der Waals surface area contributed by atoms with Crippen molar-refractivity contribution < 1.29 is 4.79 Å². The van der Waals surface area contributed by atoms with Crippen molar-refractivity contribution in [2.75, 3.05) is 5.32 Å². The summed E-state index contributed by atoms with van der Waals surface area (Å²) in [5, 5.41) is 9.65. The molecule has 3 aromatic heterocycles. The van der Waals surface area contributed by atoms with E-state index in [1.54, 1.807) is 24.3 Å². The van der Waals surface area contributed by atoms with Crippen molar-refractivity contribution in [1.82, 2.24) is 19.7 Å². The van der Waals surface area contributed by atoms with Crippen molar-refractivity contribution in [3.63, 3.8) is 0 Å². The Morgan fingerprint density at radius 2 is 2.13 bits per heavy atom. The topological polar surface area (TPSA) is 92.7 Å². The number of hydrogen-bond donors (Lipinski definition) is 2. The van der Waals surface area contributed by atoms with Gasteiger partial charge in [-0.2, -0.15) is 9.78 Å². The van der Waals surface area contributed by atoms with Crippen LogP contribution in [0.2, 0.25) is 5.02 Å². The largest absolute Gasteiger partial charge is 0.306 e. The molecule has 1 aromatic carbocycles. The number of benzene rings is 1. The van der Waals surface area contributed by atoms with E-state index >= 15 is 0 Å². The molecule has 152 valence electrons. The van der Waals surface area contributed by atoms with Crippen LogP contribution in [0.25, 0.3) is 16.5 Å². The van der Waals surface area contributed by atoms with Gasteiger partial charge >= 0.3 is 0 Å². The van der Waals surface area contributed by atoms with Crippen LogP contribution in [0.5, 0.6) is 0 Å². The Labute approximate surface area is 188 Å². The van der Waals surface area contributed by atoms with Crippen LogP contribution < -0.4 is 10.9 Å². The minimum Gasteiger partial charge on any atom is -0.306 e. The smallest absolute Gasteiger partial charge is 0.258 e. The van der Waals surface area contributed by atoms with Gasteiger partial charge in [0.05, 0.1) is 15.5 Å². The standard InChI is InChI=1S/C20H15BrClN5O2S/c1-2-12-9-18(28)25-20(23-12)27-17(10-15(26-27)16-4-3-7-30-16)24-19(29)13-8-11(21)5-6-14(13)22/h3-10H,2H2,1H3,(H,24,29)(H,23,25,28). The molecule has 0 radical (unpaired) electrons. The van der Waals surface area contributed by atoms with E-state index in [-0.39, 0.29) is 11.5 Å². The number of hydrogen-bond acceptors (Lipinski definition) is 5. The molecule has 0 spiro atoms. The number of aryl methyl sites for hydroxylation is 1. The van der Waals surface area contributed by atoms with Gasteiger partial charge in [-0.3, -0.25) is 14.6 Å². The highest BCUT2D eigenvalue weighted by Crippen LogP contribution is 2.28. The van der Waals surface area contributed by atoms with Crippen LogP contribution in [0, 0.1) is 0 Å². The summed E-state index contributed by atoms with van der Waals surface area (Å²) in [5.41, 5.74) is 1.27. The second kappa shape index (κ2) is 8.55. The summed E-state index contributed by atoms with van der Waals surface area (Å²) in [7, 11) is 0. The van der Waals surface area contributed by atoms with Gasteiger partial charge in [-0.25, -0.2) is 4.98 Å². The lowest BCUT2D eigenvalue weighted by Gasteiger charge is -2.10. The fourth-order valence-corrected chi connectivity index (χ4v) is 4.05. The van der Waals surface area contributed by atoms with Crippen LogP contribution in [0.4, 0.5) is 5.82 Å². The van der Waals surface area contributed by atoms with Gasteiger partial charge in [0.2, 0.25) is 5.95 Å². The van der Waals surface area contributed by atoms with E-state index in [0.29, 0.717) is 34.2 Å². The molecule has 4 aromatic rings. The monoisotopic (exact) mass is 503 g/mol. The van der Waals surface area contributed by atoms with Crippen LogP contribution in [0.3, 0.4) is 0 Å². The molecule has 0 atom stereocenters. The lowest BCUT2D eigenvalue weighted by Crippen LogP contribution is -2.19. The maximum atomic E-state index is 12.9. The van der Waals surface area contributed by atoms with Crippen LogP contribution >= 0.6 is 38.9 Å². The molecule has 0 aliphatic heterocycles. The fraction of sp³-hybridized carbons (Fsp3) is 0.100. The number of aromatic nitrogens is 4. The predicted molar refractivity (Wildman–Crippen MR) is 122 cm³/mol. The number of halogens is 2. The van der Waals surface area contributed by atoms with E-state index < -0.39 is 5.91 Å². The number of H-pyrrole nitrogens is 1. The van der Waals surface area contributed by atoms with Crippen molar-refractivity contribution in [3.8, 4) is 16.5 Å². The molecule has 0 aliphatic rings. The van der Waals surface area contributed by atoms with E-state index in [1.165, 1.54) is 22.1 Å². The number of nitrogens with one attached hydrogen (secondary N) is 2. The zero-order valence-corrected chi connectivity index (χ0v) is 18.8. The summed E-state index contributed by atoms with van der Waals surface area (Å²) in [4.78, 5) is 33.0. The first-order valence-electron chi connectivity index (χ1n) is 8.95. The van der Waals surface area contributed by atoms with Crippen molar-refractivity contribution in [2.24, 2.45) is 0 Å². The third-order valence-corrected chi connectivity index (χ3v) is 5.96. The first-order valence-corrected chi connectivity index (χ1v) is 11.0. The van der Waals surface area contributed by atoms with Gasteiger partial charge in [-0.05, 0) is 36.1 Å². The molecule has 30 heavy (non-hydrogen) atoms. The van der Waals surface area contributed by atoms with Crippen LogP contribution in [0.15, 0.2) is 57.1 Å². The second-order valence-corrected chi connectivity index (χ2v) is 8.57. The van der Waals surface area contributed by atoms with Crippen LogP contribution in [0.1, 0.15) is 23.0 Å². The summed E-state index contributed by atoms with van der Waals surface area (Å²) in [6, 6.07) is 12.0. The minimum absolute atomic E-state index is 0.220. The van der Waals surface area contributed by atoms with E-state index in [9.17, 15) is 9.59 Å². The van der Waals surface area contributed by atoms with Gasteiger partial charge in [-0.1, -0.05) is 40.5 Å². The van der Waals surface area contributed by atoms with Gasteiger partial charge in [-0.15, -0.1) is 11.3 Å². The predicted octanol–water partition coefficient (Wildman–Crippen LogP) is 4.91. The number of nitrogens with zero attached hydrogens (tertiary/aromatic N) is 3. The highest BCUT2D eigenvalue weighted by Gasteiger charge is 2.18. The molecule has 2 N–H and O–H groups in total. The SMILES string of the molecule is CCc1cc(=O)[nH]c(-n2nc(-c3cccs3)cc2NC(=O)c2cc(Br)ccc2Cl)n1. The summed E-state index contributed by atoms with van der Waals surface area (Å²) in [6.45, 7) is 1.91. The molecular weight excluding hydrogens is 490 g/mol. The molecule has 7 nitrogen and oxygen atoms in total. The Kier molecular flexibility index (Phi) is 5.85. The van der Waals surface area contributed by atoms with Gasteiger partial charge in [0.1, 0.15) is 11.5 Å². The number of amides is 1. The molecule has 1 amide bonds. The number of thiophene rings is 1. The number of carbonyl (C=O) groups excluding carboxylic acids is 1. The molecule has 0 saturated heterocycles. The van der Waals surface area contributed by atoms with Crippen LogP contribution in [-0.2, 0) is 6.42 Å². The van der Waals surface area contributed by atoms with Gasteiger partial charge < -0.3 is 5.32 Å². The van der Waals surface area contributed by atoms with Gasteiger partial charge in [0.15, 0.2) is 0 Å². The Hall–Kier alpha value is -2.75. The normalized spacial score (nSPS) is 10.9. The molecule has 10 heteroatoms. The molecule has 0 aliphatic carbocycles. The van der Waals surface area contributed by atoms with E-state index in [4.69, 9.17) is 11.6 Å². The second-order valence-electron chi connectivity index (χ2n) is 6.30. The van der Waals surface area contributed by atoms with Gasteiger partial charge in [0.25, 0.3) is 11.5 Å². The molecular formula is C20H15BrClN5O2S. The number of aromatic amines is 1. The fourth-order valence-electron chi connectivity index (χ4n) is 2.81. The summed E-state index contributed by atoms with van der Waals surface area (Å²) in [5.74, 6) is 0.169. The first-order chi connectivity index (χ1) is 14.4. The minimum atomic E-state index is -0.408. The molecule has 0 fully saturated rings. The highest BCUT2D eigenvalue weighted by molar-refractivity contribution is 9.10. The lowest BCUT2D eigenvalue weighted by atomic mass is 10.2. The average molecular weight is 505 g/mol. The lowest BCUT2D eigenvalue weighted by molar-refractivity contribution is 0.102. The van der Waals surface area contributed by atoms with E-state index in [2.05, 4.69) is 36.3 Å². The van der Waals surface area contributed by atoms with E-state index in [0.717, 1.165) is 9.35 Å². The van der Waals surface area contributed by atoms with Crippen LogP contribution in [-0.4, -0.2) is 25.7 Å². The maximum absolute atomic E-state index is 12.9. The summed E-state index contributed by atoms with van der Waals surface area (Å²) < 4.78 is 2.14. The molecule has 4 rings (SSSR count). The highest BCUT2D eigenvalue weighted by atomic mass is 79.9. The molecule has 0 bridgehead atoms. The Morgan fingerprint density at radius 1 is 1.30 bits per heavy atom. The third-order valence-electron chi connectivity index (χ3n) is 4.24. The summed E-state index contributed by atoms with van der Waals surface area (Å²) >= 11 is 11.1. The average Bonchev–Trinajstić information content (AvgIpc) is 3.39. The molecule has 0 saturated carbocycles. The van der Waals surface area contributed by atoms with Crippen molar-refractivity contribution in [1.29, 1.82) is 0 Å². The first kappa shape index (κ1) is 20.5.